The van der Waals surface area contributed by atoms with Gasteiger partial charge in [0.05, 0.1) is 9.60 Å². The highest BCUT2D eigenvalue weighted by atomic mass is 32.2. The molecule has 3 aromatic rings. The number of nitrogens with zero attached hydrogens (tertiary/aromatic N) is 4. The molecule has 0 N–H and O–H groups in total. The van der Waals surface area contributed by atoms with E-state index in [4.69, 9.17) is 0 Å². The number of carbonyl (C=O) groups is 1. The van der Waals surface area contributed by atoms with E-state index in [0.29, 0.717) is 44.5 Å². The van der Waals surface area contributed by atoms with Crippen LogP contribution in [-0.2, 0) is 14.8 Å². The smallest absolute Gasteiger partial charge is 0.243 e. The van der Waals surface area contributed by atoms with Crippen LogP contribution in [-0.4, -0.2) is 67.8 Å². The van der Waals surface area contributed by atoms with Crippen LogP contribution in [0.3, 0.4) is 0 Å². The van der Waals surface area contributed by atoms with E-state index >= 15 is 0 Å². The van der Waals surface area contributed by atoms with Gasteiger partial charge < -0.3 is 9.80 Å². The Bertz CT molecular complexity index is 1300. The number of halogens is 2. The van der Waals surface area contributed by atoms with Crippen molar-refractivity contribution in [2.75, 3.05) is 44.2 Å². The van der Waals surface area contributed by atoms with Crippen LogP contribution in [0.4, 0.5) is 13.9 Å². The zero-order valence-electron chi connectivity index (χ0n) is 18.4. The molecule has 2 saturated heterocycles. The maximum atomic E-state index is 14.0. The van der Waals surface area contributed by atoms with Crippen LogP contribution in [0, 0.1) is 17.6 Å². The lowest BCUT2D eigenvalue weighted by atomic mass is 9.96. The maximum Gasteiger partial charge on any atom is 0.243 e. The predicted molar refractivity (Wildman–Crippen MR) is 126 cm³/mol. The van der Waals surface area contributed by atoms with Gasteiger partial charge in [-0.1, -0.05) is 17.4 Å². The average molecular weight is 507 g/mol. The molecule has 1 amide bonds. The molecule has 2 fully saturated rings. The van der Waals surface area contributed by atoms with Crippen molar-refractivity contribution in [1.29, 1.82) is 0 Å². The summed E-state index contributed by atoms with van der Waals surface area (Å²) < 4.78 is 54.9. The van der Waals surface area contributed by atoms with E-state index in [1.165, 1.54) is 33.8 Å². The minimum atomic E-state index is -3.70. The van der Waals surface area contributed by atoms with Crippen molar-refractivity contribution in [1.82, 2.24) is 14.2 Å². The highest BCUT2D eigenvalue weighted by Crippen LogP contribution is 2.31. The fourth-order valence-corrected chi connectivity index (χ4v) is 7.01. The topological polar surface area (TPSA) is 73.8 Å². The summed E-state index contributed by atoms with van der Waals surface area (Å²) >= 11 is 1.45. The lowest BCUT2D eigenvalue weighted by Gasteiger charge is -2.38. The molecule has 0 spiro atoms. The van der Waals surface area contributed by atoms with E-state index in [0.717, 1.165) is 22.0 Å². The van der Waals surface area contributed by atoms with Crippen molar-refractivity contribution < 1.29 is 22.0 Å². The fraction of sp³-hybridized carbons (Fsp3) is 0.391. The molecule has 0 unspecified atom stereocenters. The molecular formula is C23H24F2N4O3S2. The fourth-order valence-electron chi connectivity index (χ4n) is 4.51. The molecule has 180 valence electrons. The van der Waals surface area contributed by atoms with Gasteiger partial charge in [0.1, 0.15) is 17.2 Å². The molecule has 11 heteroatoms. The van der Waals surface area contributed by atoms with Crippen molar-refractivity contribution in [3.63, 3.8) is 0 Å². The quantitative estimate of drug-likeness (QED) is 0.543. The van der Waals surface area contributed by atoms with Crippen LogP contribution in [0.25, 0.3) is 10.2 Å². The third kappa shape index (κ3) is 4.39. The van der Waals surface area contributed by atoms with Gasteiger partial charge in [-0.2, -0.15) is 4.31 Å². The molecule has 3 heterocycles. The number of rotatable bonds is 4. The molecule has 2 aromatic carbocycles. The van der Waals surface area contributed by atoms with Gasteiger partial charge in [-0.05, 0) is 49.2 Å². The van der Waals surface area contributed by atoms with Crippen molar-refractivity contribution in [3.8, 4) is 0 Å². The van der Waals surface area contributed by atoms with Gasteiger partial charge in [0.25, 0.3) is 0 Å². The van der Waals surface area contributed by atoms with Crippen molar-refractivity contribution in [3.05, 3.63) is 54.1 Å². The van der Waals surface area contributed by atoms with Crippen molar-refractivity contribution >= 4 is 42.6 Å². The zero-order chi connectivity index (χ0) is 23.9. The van der Waals surface area contributed by atoms with Crippen molar-refractivity contribution in [2.24, 2.45) is 5.92 Å². The van der Waals surface area contributed by atoms with Gasteiger partial charge in [0.15, 0.2) is 5.13 Å². The summed E-state index contributed by atoms with van der Waals surface area (Å²) in [5.41, 5.74) is 0.378. The van der Waals surface area contributed by atoms with Gasteiger partial charge in [-0.25, -0.2) is 22.2 Å². The molecule has 0 radical (unpaired) electrons. The largest absolute Gasteiger partial charge is 0.345 e. The molecule has 0 aliphatic carbocycles. The summed E-state index contributed by atoms with van der Waals surface area (Å²) in [7, 11) is -3.70. The number of sulfonamides is 1. The summed E-state index contributed by atoms with van der Waals surface area (Å²) in [5.74, 6) is -0.989. The van der Waals surface area contributed by atoms with Crippen LogP contribution >= 0.6 is 11.3 Å². The van der Waals surface area contributed by atoms with Gasteiger partial charge in [-0.15, -0.1) is 0 Å². The molecule has 2 aliphatic heterocycles. The highest BCUT2D eigenvalue weighted by molar-refractivity contribution is 7.89. The van der Waals surface area contributed by atoms with E-state index < -0.39 is 15.8 Å². The number of piperidine rings is 1. The second-order valence-electron chi connectivity index (χ2n) is 8.53. The Morgan fingerprint density at radius 1 is 0.941 bits per heavy atom. The van der Waals surface area contributed by atoms with Gasteiger partial charge >= 0.3 is 0 Å². The Hall–Kier alpha value is -2.63. The Labute approximate surface area is 200 Å². The molecular weight excluding hydrogens is 482 g/mol. The minimum absolute atomic E-state index is 0.0498. The first-order valence-corrected chi connectivity index (χ1v) is 13.4. The molecule has 7 nitrogen and oxygen atoms in total. The third-order valence-corrected chi connectivity index (χ3v) is 9.47. The number of carbonyl (C=O) groups excluding carboxylic acids is 1. The van der Waals surface area contributed by atoms with Gasteiger partial charge in [-0.3, -0.25) is 4.79 Å². The molecule has 0 atom stereocenters. The molecule has 5 rings (SSSR count). The van der Waals surface area contributed by atoms with Gasteiger partial charge in [0, 0.05) is 45.2 Å². The van der Waals surface area contributed by atoms with Crippen LogP contribution in [0.1, 0.15) is 12.8 Å². The first kappa shape index (κ1) is 23.1. The van der Waals surface area contributed by atoms with Crippen LogP contribution in [0.15, 0.2) is 47.4 Å². The number of thiazole rings is 1. The number of para-hydroxylation sites is 1. The average Bonchev–Trinajstić information content (AvgIpc) is 3.30. The van der Waals surface area contributed by atoms with Gasteiger partial charge in [0.2, 0.25) is 15.9 Å². The zero-order valence-corrected chi connectivity index (χ0v) is 20.0. The first-order chi connectivity index (χ1) is 16.3. The number of fused-ring (bicyclic) bond motifs is 1. The Balaban J connectivity index is 1.16. The van der Waals surface area contributed by atoms with Crippen LogP contribution < -0.4 is 4.90 Å². The normalized spacial score (nSPS) is 18.5. The predicted octanol–water partition coefficient (Wildman–Crippen LogP) is 3.32. The number of piperazine rings is 1. The summed E-state index contributed by atoms with van der Waals surface area (Å²) in [5, 5.41) is 0.756. The number of benzene rings is 2. The van der Waals surface area contributed by atoms with Crippen LogP contribution in [0.5, 0.6) is 0 Å². The van der Waals surface area contributed by atoms with E-state index in [-0.39, 0.29) is 35.6 Å². The van der Waals surface area contributed by atoms with E-state index in [1.54, 1.807) is 6.07 Å². The molecule has 2 aliphatic rings. The number of hydrogen-bond acceptors (Lipinski definition) is 6. The number of aromatic nitrogens is 1. The van der Waals surface area contributed by atoms with Crippen LogP contribution in [0.2, 0.25) is 0 Å². The van der Waals surface area contributed by atoms with E-state index in [9.17, 15) is 22.0 Å². The Morgan fingerprint density at radius 2 is 1.62 bits per heavy atom. The van der Waals surface area contributed by atoms with E-state index in [1.807, 2.05) is 11.0 Å². The minimum Gasteiger partial charge on any atom is -0.345 e. The highest BCUT2D eigenvalue weighted by Gasteiger charge is 2.35. The molecule has 34 heavy (non-hydrogen) atoms. The monoisotopic (exact) mass is 506 g/mol. The summed E-state index contributed by atoms with van der Waals surface area (Å²) in [6, 6.07) is 9.72. The first-order valence-electron chi connectivity index (χ1n) is 11.2. The summed E-state index contributed by atoms with van der Waals surface area (Å²) in [6.45, 7) is 2.84. The summed E-state index contributed by atoms with van der Waals surface area (Å²) in [6.07, 6.45) is 0.910. The second kappa shape index (κ2) is 9.20. The Kier molecular flexibility index (Phi) is 6.26. The number of hydrogen-bond donors (Lipinski definition) is 0. The standard InChI is InChI=1S/C23H24F2N4O3S2/c24-17-4-6-18(7-5-17)34(31,32)29-10-8-16(9-11-29)22(30)27-12-14-28(15-13-27)23-26-21-19(25)2-1-3-20(21)33-23/h1-7,16H,8-15H2. The van der Waals surface area contributed by atoms with Crippen molar-refractivity contribution in [2.45, 2.75) is 17.7 Å². The lowest BCUT2D eigenvalue weighted by molar-refractivity contribution is -0.137. The number of amides is 1. The van der Waals surface area contributed by atoms with E-state index in [2.05, 4.69) is 9.88 Å². The molecule has 1 aromatic heterocycles. The maximum absolute atomic E-state index is 14.0. The summed E-state index contributed by atoms with van der Waals surface area (Å²) in [4.78, 5) is 21.5. The molecule has 0 bridgehead atoms. The second-order valence-corrected chi connectivity index (χ2v) is 11.5. The third-order valence-electron chi connectivity index (χ3n) is 6.47. The Morgan fingerprint density at radius 3 is 2.26 bits per heavy atom. The molecule has 0 saturated carbocycles. The SMILES string of the molecule is O=C(C1CCN(S(=O)(=O)c2ccc(F)cc2)CC1)N1CCN(c2nc3c(F)cccc3s2)CC1. The lowest BCUT2D eigenvalue weighted by Crippen LogP contribution is -2.52. The number of anilines is 1.